The normalized spacial score (nSPS) is 20.0. The van der Waals surface area contributed by atoms with Gasteiger partial charge in [0.05, 0.1) is 24.4 Å². The van der Waals surface area contributed by atoms with Crippen molar-refractivity contribution in [2.24, 2.45) is 0 Å². The molecule has 0 radical (unpaired) electrons. The van der Waals surface area contributed by atoms with Crippen molar-refractivity contribution in [1.82, 2.24) is 0 Å². The van der Waals surface area contributed by atoms with Gasteiger partial charge in [-0.15, -0.1) is 0 Å². The molecule has 2 aromatic rings. The summed E-state index contributed by atoms with van der Waals surface area (Å²) in [4.78, 5) is 15.5. The Morgan fingerprint density at radius 2 is 1.82 bits per heavy atom. The lowest BCUT2D eigenvalue weighted by atomic mass is 10.1. The lowest BCUT2D eigenvalue weighted by molar-refractivity contribution is -1.02. The first-order valence-electron chi connectivity index (χ1n) is 9.71. The Balaban J connectivity index is 1.50. The number of amides is 1. The standard InChI is InChI=1S/C22H26N4O2/c1-17(22(27)24-20-5-3-4-6-21(20)28-2)26-13-11-25(12-14-26)16-19-9-7-18(15-23)8-10-19/h3-10,17H,11-14,16H2,1-2H3,(H,24,27)/p+2/t17-/m1/s1. The molecule has 0 aliphatic carbocycles. The Morgan fingerprint density at radius 1 is 1.14 bits per heavy atom. The van der Waals surface area contributed by atoms with Gasteiger partial charge in [0.15, 0.2) is 6.04 Å². The number of carbonyl (C=O) groups excluding carboxylic acids is 1. The van der Waals surface area contributed by atoms with Crippen LogP contribution in [-0.2, 0) is 11.3 Å². The van der Waals surface area contributed by atoms with E-state index >= 15 is 0 Å². The molecule has 1 amide bonds. The van der Waals surface area contributed by atoms with Crippen molar-refractivity contribution >= 4 is 11.6 Å². The molecule has 3 rings (SSSR count). The molecule has 1 aliphatic rings. The Morgan fingerprint density at radius 3 is 2.46 bits per heavy atom. The summed E-state index contributed by atoms with van der Waals surface area (Å²) >= 11 is 0. The van der Waals surface area contributed by atoms with Gasteiger partial charge in [0.25, 0.3) is 5.91 Å². The number of piperazine rings is 1. The summed E-state index contributed by atoms with van der Waals surface area (Å²) in [6, 6.07) is 17.4. The summed E-state index contributed by atoms with van der Waals surface area (Å²) in [5.74, 6) is 0.699. The van der Waals surface area contributed by atoms with Gasteiger partial charge in [-0.1, -0.05) is 24.3 Å². The highest BCUT2D eigenvalue weighted by atomic mass is 16.5. The highest BCUT2D eigenvalue weighted by Crippen LogP contribution is 2.22. The third-order valence-corrected chi connectivity index (χ3v) is 5.51. The van der Waals surface area contributed by atoms with Crippen molar-refractivity contribution in [2.45, 2.75) is 19.5 Å². The molecule has 0 unspecified atom stereocenters. The summed E-state index contributed by atoms with van der Waals surface area (Å²) in [5.41, 5.74) is 2.66. The molecule has 1 aliphatic heterocycles. The second kappa shape index (κ2) is 9.36. The molecule has 0 saturated carbocycles. The minimum atomic E-state index is -0.110. The number of rotatable bonds is 6. The van der Waals surface area contributed by atoms with Crippen molar-refractivity contribution < 1.29 is 19.3 Å². The summed E-state index contributed by atoms with van der Waals surface area (Å²) in [6.45, 7) is 6.94. The molecular formula is C22H28N4O2+2. The molecule has 1 saturated heterocycles. The molecule has 3 N–H and O–H groups in total. The first kappa shape index (κ1) is 19.9. The fourth-order valence-electron chi connectivity index (χ4n) is 3.69. The van der Waals surface area contributed by atoms with Gasteiger partial charge in [0.1, 0.15) is 38.5 Å². The number of nitrogens with zero attached hydrogens (tertiary/aromatic N) is 1. The van der Waals surface area contributed by atoms with Crippen molar-refractivity contribution in [3.8, 4) is 11.8 Å². The smallest absolute Gasteiger partial charge is 0.282 e. The number of hydrogen-bond acceptors (Lipinski definition) is 3. The number of hydrogen-bond donors (Lipinski definition) is 3. The van der Waals surface area contributed by atoms with Crippen LogP contribution in [-0.4, -0.2) is 45.2 Å². The van der Waals surface area contributed by atoms with Crippen LogP contribution in [0, 0.1) is 11.3 Å². The fourth-order valence-corrected chi connectivity index (χ4v) is 3.69. The van der Waals surface area contributed by atoms with Crippen LogP contribution in [0.15, 0.2) is 48.5 Å². The second-order valence-corrected chi connectivity index (χ2v) is 7.30. The number of nitrogens with one attached hydrogen (secondary N) is 3. The molecule has 0 aromatic heterocycles. The topological polar surface area (TPSA) is 71.0 Å². The summed E-state index contributed by atoms with van der Waals surface area (Å²) in [7, 11) is 1.61. The van der Waals surface area contributed by atoms with Crippen LogP contribution < -0.4 is 19.9 Å². The van der Waals surface area contributed by atoms with E-state index in [0.29, 0.717) is 17.0 Å². The summed E-state index contributed by atoms with van der Waals surface area (Å²) in [6.07, 6.45) is 0. The lowest BCUT2D eigenvalue weighted by Crippen LogP contribution is -3.29. The number of nitriles is 1. The van der Waals surface area contributed by atoms with Crippen molar-refractivity contribution in [2.75, 3.05) is 38.6 Å². The molecule has 0 bridgehead atoms. The van der Waals surface area contributed by atoms with Gasteiger partial charge in [-0.3, -0.25) is 4.79 Å². The maximum Gasteiger partial charge on any atom is 0.282 e. The Labute approximate surface area is 166 Å². The number of para-hydroxylation sites is 2. The number of carbonyl (C=O) groups is 1. The van der Waals surface area contributed by atoms with Gasteiger partial charge in [0.2, 0.25) is 0 Å². The molecule has 6 nitrogen and oxygen atoms in total. The minimum absolute atomic E-state index is 0.0232. The van der Waals surface area contributed by atoms with E-state index in [2.05, 4.69) is 11.4 Å². The van der Waals surface area contributed by atoms with Crippen LogP contribution in [0.5, 0.6) is 5.75 Å². The molecule has 6 heteroatoms. The lowest BCUT2D eigenvalue weighted by Gasteiger charge is -2.32. The monoisotopic (exact) mass is 380 g/mol. The minimum Gasteiger partial charge on any atom is -0.495 e. The predicted octanol–water partition coefficient (Wildman–Crippen LogP) is -0.123. The van der Waals surface area contributed by atoms with Gasteiger partial charge in [0, 0.05) is 5.56 Å². The largest absolute Gasteiger partial charge is 0.495 e. The van der Waals surface area contributed by atoms with Crippen LogP contribution in [0.25, 0.3) is 0 Å². The van der Waals surface area contributed by atoms with E-state index in [-0.39, 0.29) is 11.9 Å². The van der Waals surface area contributed by atoms with E-state index in [1.807, 2.05) is 55.5 Å². The molecule has 1 atom stereocenters. The van der Waals surface area contributed by atoms with Crippen LogP contribution in [0.3, 0.4) is 0 Å². The third kappa shape index (κ3) is 4.89. The second-order valence-electron chi connectivity index (χ2n) is 7.30. The van der Waals surface area contributed by atoms with Crippen LogP contribution in [0.2, 0.25) is 0 Å². The third-order valence-electron chi connectivity index (χ3n) is 5.51. The molecule has 0 spiro atoms. The fraction of sp³-hybridized carbons (Fsp3) is 0.364. The van der Waals surface area contributed by atoms with Crippen molar-refractivity contribution in [1.29, 1.82) is 5.26 Å². The highest BCUT2D eigenvalue weighted by molar-refractivity contribution is 5.94. The summed E-state index contributed by atoms with van der Waals surface area (Å²) < 4.78 is 5.31. The molecule has 2 aromatic carbocycles. The average molecular weight is 380 g/mol. The molecule has 1 fully saturated rings. The molecule has 1 heterocycles. The number of quaternary nitrogens is 2. The van der Waals surface area contributed by atoms with E-state index in [9.17, 15) is 4.79 Å². The first-order valence-corrected chi connectivity index (χ1v) is 9.71. The Hall–Kier alpha value is -2.88. The van der Waals surface area contributed by atoms with Gasteiger partial charge in [-0.05, 0) is 31.2 Å². The number of anilines is 1. The Bertz CT molecular complexity index is 836. The van der Waals surface area contributed by atoms with Gasteiger partial charge < -0.3 is 19.9 Å². The van der Waals surface area contributed by atoms with E-state index in [1.165, 1.54) is 15.4 Å². The van der Waals surface area contributed by atoms with E-state index in [4.69, 9.17) is 10.00 Å². The Kier molecular flexibility index (Phi) is 6.64. The molecule has 28 heavy (non-hydrogen) atoms. The van der Waals surface area contributed by atoms with Gasteiger partial charge in [-0.25, -0.2) is 0 Å². The zero-order valence-corrected chi connectivity index (χ0v) is 16.5. The van der Waals surface area contributed by atoms with Gasteiger partial charge in [-0.2, -0.15) is 5.26 Å². The number of ether oxygens (including phenoxy) is 1. The maximum atomic E-state index is 12.7. The highest BCUT2D eigenvalue weighted by Gasteiger charge is 2.31. The molecule has 146 valence electrons. The average Bonchev–Trinajstić information content (AvgIpc) is 2.74. The number of benzene rings is 2. The van der Waals surface area contributed by atoms with Crippen molar-refractivity contribution in [3.63, 3.8) is 0 Å². The van der Waals surface area contributed by atoms with E-state index in [1.54, 1.807) is 7.11 Å². The molecular weight excluding hydrogens is 352 g/mol. The van der Waals surface area contributed by atoms with E-state index in [0.717, 1.165) is 32.7 Å². The SMILES string of the molecule is COc1ccccc1NC(=O)[C@@H](C)[NH+]1CC[NH+](Cc2ccc(C#N)cc2)CC1. The summed E-state index contributed by atoms with van der Waals surface area (Å²) in [5, 5.41) is 11.9. The van der Waals surface area contributed by atoms with Gasteiger partial charge >= 0.3 is 0 Å². The van der Waals surface area contributed by atoms with Crippen LogP contribution in [0.4, 0.5) is 5.69 Å². The first-order chi connectivity index (χ1) is 13.6. The quantitative estimate of drug-likeness (QED) is 0.654. The number of methoxy groups -OCH3 is 1. The van der Waals surface area contributed by atoms with Crippen molar-refractivity contribution in [3.05, 3.63) is 59.7 Å². The van der Waals surface area contributed by atoms with Crippen LogP contribution >= 0.6 is 0 Å². The van der Waals surface area contributed by atoms with Crippen LogP contribution in [0.1, 0.15) is 18.1 Å². The zero-order chi connectivity index (χ0) is 19.9. The zero-order valence-electron chi connectivity index (χ0n) is 16.5. The maximum absolute atomic E-state index is 12.7. The van der Waals surface area contributed by atoms with E-state index < -0.39 is 0 Å². The predicted molar refractivity (Wildman–Crippen MR) is 107 cm³/mol.